The van der Waals surface area contributed by atoms with E-state index in [-0.39, 0.29) is 21.9 Å². The Hall–Kier alpha value is -2.47. The van der Waals surface area contributed by atoms with Crippen LogP contribution in [-0.2, 0) is 12.6 Å². The number of H-pyrrole nitrogens is 1. The zero-order chi connectivity index (χ0) is 18.7. The summed E-state index contributed by atoms with van der Waals surface area (Å²) in [6, 6.07) is 0. The van der Waals surface area contributed by atoms with E-state index in [0.717, 1.165) is 9.13 Å². The number of imidazole rings is 1. The standard InChI is InChI=1S/C13H12F3N5O3S/c1-5-7(19-10(25-5)12(2,24)13(14,15)16)21-8-6(17-4-18-8)9(22)20(3)11(21)23/h4,24H,1-3H3,(H,17,18). The van der Waals surface area contributed by atoms with E-state index < -0.39 is 28.0 Å². The summed E-state index contributed by atoms with van der Waals surface area (Å²) in [6.45, 7) is 2.04. The molecule has 3 aromatic heterocycles. The molecule has 3 heterocycles. The molecule has 0 aliphatic rings. The summed E-state index contributed by atoms with van der Waals surface area (Å²) >= 11 is 0.607. The quantitative estimate of drug-likeness (QED) is 0.694. The number of rotatable bonds is 2. The molecule has 134 valence electrons. The lowest BCUT2D eigenvalue weighted by Gasteiger charge is -2.23. The van der Waals surface area contributed by atoms with Crippen molar-refractivity contribution in [3.8, 4) is 5.82 Å². The second kappa shape index (κ2) is 5.26. The molecule has 0 bridgehead atoms. The van der Waals surface area contributed by atoms with Crippen LogP contribution in [0.25, 0.3) is 17.0 Å². The van der Waals surface area contributed by atoms with Gasteiger partial charge in [-0.25, -0.2) is 19.3 Å². The number of halogens is 3. The Labute approximate surface area is 141 Å². The lowest BCUT2D eigenvalue weighted by atomic mass is 10.1. The predicted octanol–water partition coefficient (Wildman–Crippen LogP) is 0.947. The fraction of sp³-hybridized carbons (Fsp3) is 0.385. The van der Waals surface area contributed by atoms with Crippen LogP contribution in [0.2, 0.25) is 0 Å². The largest absolute Gasteiger partial charge is 0.423 e. The molecule has 3 aromatic rings. The number of fused-ring (bicyclic) bond motifs is 1. The summed E-state index contributed by atoms with van der Waals surface area (Å²) < 4.78 is 40.9. The van der Waals surface area contributed by atoms with Crippen molar-refractivity contribution in [1.29, 1.82) is 0 Å². The molecule has 0 aliphatic carbocycles. The zero-order valence-electron chi connectivity index (χ0n) is 13.2. The molecular formula is C13H12F3N5O3S. The van der Waals surface area contributed by atoms with E-state index in [1.54, 1.807) is 0 Å². The van der Waals surface area contributed by atoms with Crippen molar-refractivity contribution in [2.24, 2.45) is 7.05 Å². The van der Waals surface area contributed by atoms with Gasteiger partial charge >= 0.3 is 11.9 Å². The fourth-order valence-electron chi connectivity index (χ4n) is 2.23. The smallest absolute Gasteiger partial charge is 0.375 e. The summed E-state index contributed by atoms with van der Waals surface area (Å²) in [6.07, 6.45) is -3.75. The number of alkyl halides is 3. The van der Waals surface area contributed by atoms with Gasteiger partial charge in [0.1, 0.15) is 10.5 Å². The first-order chi connectivity index (χ1) is 11.5. The first kappa shape index (κ1) is 17.4. The van der Waals surface area contributed by atoms with Crippen molar-refractivity contribution in [2.75, 3.05) is 0 Å². The van der Waals surface area contributed by atoms with Gasteiger partial charge in [-0.1, -0.05) is 0 Å². The molecule has 0 fully saturated rings. The van der Waals surface area contributed by atoms with E-state index >= 15 is 0 Å². The minimum Gasteiger partial charge on any atom is -0.375 e. The number of aromatic amines is 1. The maximum atomic E-state index is 13.0. The third-order valence-electron chi connectivity index (χ3n) is 3.78. The second-order valence-corrected chi connectivity index (χ2v) is 6.76. The number of nitrogens with zero attached hydrogens (tertiary/aromatic N) is 4. The van der Waals surface area contributed by atoms with Crippen LogP contribution in [0.1, 0.15) is 16.8 Å². The second-order valence-electron chi connectivity index (χ2n) is 5.55. The van der Waals surface area contributed by atoms with Crippen LogP contribution >= 0.6 is 11.3 Å². The van der Waals surface area contributed by atoms with Crippen molar-refractivity contribution in [3.05, 3.63) is 37.1 Å². The van der Waals surface area contributed by atoms with Gasteiger partial charge in [0.15, 0.2) is 11.5 Å². The van der Waals surface area contributed by atoms with Crippen LogP contribution in [0.3, 0.4) is 0 Å². The Morgan fingerprint density at radius 2 is 1.96 bits per heavy atom. The molecule has 0 spiro atoms. The molecule has 12 heteroatoms. The summed E-state index contributed by atoms with van der Waals surface area (Å²) in [4.78, 5) is 35.1. The maximum absolute atomic E-state index is 13.0. The predicted molar refractivity (Wildman–Crippen MR) is 83.0 cm³/mol. The normalized spacial score (nSPS) is 14.8. The highest BCUT2D eigenvalue weighted by Crippen LogP contribution is 2.41. The Morgan fingerprint density at radius 3 is 2.56 bits per heavy atom. The third kappa shape index (κ3) is 2.40. The number of aromatic nitrogens is 5. The van der Waals surface area contributed by atoms with E-state index in [4.69, 9.17) is 0 Å². The first-order valence-electron chi connectivity index (χ1n) is 6.89. The lowest BCUT2D eigenvalue weighted by Crippen LogP contribution is -2.39. The van der Waals surface area contributed by atoms with E-state index in [2.05, 4.69) is 15.0 Å². The van der Waals surface area contributed by atoms with Crippen LogP contribution in [0.5, 0.6) is 0 Å². The average molecular weight is 375 g/mol. The van der Waals surface area contributed by atoms with Crippen LogP contribution in [0.15, 0.2) is 15.9 Å². The molecular weight excluding hydrogens is 363 g/mol. The molecule has 3 rings (SSSR count). The van der Waals surface area contributed by atoms with Gasteiger partial charge in [-0.3, -0.25) is 9.36 Å². The van der Waals surface area contributed by atoms with Crippen molar-refractivity contribution in [3.63, 3.8) is 0 Å². The Bertz CT molecular complexity index is 1090. The summed E-state index contributed by atoms with van der Waals surface area (Å²) in [5, 5.41) is 9.19. The Kier molecular flexibility index (Phi) is 3.65. The van der Waals surface area contributed by atoms with Gasteiger partial charge in [0.2, 0.25) is 5.60 Å². The van der Waals surface area contributed by atoms with Gasteiger partial charge in [-0.15, -0.1) is 11.3 Å². The van der Waals surface area contributed by atoms with Crippen molar-refractivity contribution in [2.45, 2.75) is 25.6 Å². The Balaban J connectivity index is 2.34. The highest BCUT2D eigenvalue weighted by atomic mass is 32.1. The molecule has 25 heavy (non-hydrogen) atoms. The molecule has 0 saturated carbocycles. The van der Waals surface area contributed by atoms with E-state index in [1.807, 2.05) is 0 Å². The van der Waals surface area contributed by atoms with E-state index in [9.17, 15) is 27.9 Å². The number of aliphatic hydroxyl groups is 1. The Morgan fingerprint density at radius 1 is 1.32 bits per heavy atom. The molecule has 0 aromatic carbocycles. The maximum Gasteiger partial charge on any atom is 0.423 e. The number of hydrogen-bond donors (Lipinski definition) is 2. The van der Waals surface area contributed by atoms with Gasteiger partial charge in [0.05, 0.1) is 6.33 Å². The van der Waals surface area contributed by atoms with Gasteiger partial charge in [-0.05, 0) is 13.8 Å². The number of thiazole rings is 1. The number of nitrogens with one attached hydrogen (secondary N) is 1. The highest BCUT2D eigenvalue weighted by Gasteiger charge is 2.53. The van der Waals surface area contributed by atoms with Crippen LogP contribution in [0.4, 0.5) is 13.2 Å². The van der Waals surface area contributed by atoms with E-state index in [0.29, 0.717) is 18.3 Å². The monoisotopic (exact) mass is 375 g/mol. The molecule has 2 N–H and O–H groups in total. The zero-order valence-corrected chi connectivity index (χ0v) is 14.0. The molecule has 8 nitrogen and oxygen atoms in total. The van der Waals surface area contributed by atoms with Crippen LogP contribution in [-0.4, -0.2) is 35.4 Å². The first-order valence-corrected chi connectivity index (χ1v) is 7.71. The highest BCUT2D eigenvalue weighted by molar-refractivity contribution is 7.12. The summed E-state index contributed by atoms with van der Waals surface area (Å²) in [5.74, 6) is -0.123. The fourth-order valence-corrected chi connectivity index (χ4v) is 3.19. The topological polar surface area (TPSA) is 106 Å². The molecule has 1 unspecified atom stereocenters. The molecule has 0 saturated heterocycles. The summed E-state index contributed by atoms with van der Waals surface area (Å²) in [5.41, 5.74) is -4.64. The van der Waals surface area contributed by atoms with E-state index in [1.165, 1.54) is 20.3 Å². The summed E-state index contributed by atoms with van der Waals surface area (Å²) in [7, 11) is 1.23. The van der Waals surface area contributed by atoms with Crippen molar-refractivity contribution < 1.29 is 18.3 Å². The third-order valence-corrected chi connectivity index (χ3v) is 4.95. The van der Waals surface area contributed by atoms with Crippen LogP contribution < -0.4 is 11.2 Å². The van der Waals surface area contributed by atoms with Crippen molar-refractivity contribution in [1.82, 2.24) is 24.1 Å². The number of aryl methyl sites for hydroxylation is 1. The SMILES string of the molecule is Cc1sc(C(C)(O)C(F)(F)F)nc1-n1c(=O)n(C)c(=O)c2[nH]cnc21. The minimum atomic E-state index is -4.94. The number of hydrogen-bond acceptors (Lipinski definition) is 6. The van der Waals surface area contributed by atoms with Gasteiger partial charge in [0.25, 0.3) is 5.56 Å². The molecule has 0 amide bonds. The van der Waals surface area contributed by atoms with Gasteiger partial charge in [-0.2, -0.15) is 13.2 Å². The lowest BCUT2D eigenvalue weighted by molar-refractivity contribution is -0.258. The van der Waals surface area contributed by atoms with Crippen LogP contribution in [0, 0.1) is 6.92 Å². The van der Waals surface area contributed by atoms with Crippen molar-refractivity contribution >= 4 is 22.5 Å². The van der Waals surface area contributed by atoms with Gasteiger partial charge in [0, 0.05) is 11.9 Å². The molecule has 0 aliphatic heterocycles. The molecule has 1 atom stereocenters. The average Bonchev–Trinajstić information content (AvgIpc) is 3.12. The van der Waals surface area contributed by atoms with Gasteiger partial charge < -0.3 is 10.1 Å². The minimum absolute atomic E-state index is 0.0126. The molecule has 0 radical (unpaired) electrons.